The van der Waals surface area contributed by atoms with Crippen LogP contribution in [0.15, 0.2) is 11.1 Å². The Morgan fingerprint density at radius 2 is 2.17 bits per heavy atom. The zero-order chi connectivity index (χ0) is 8.97. The summed E-state index contributed by atoms with van der Waals surface area (Å²) in [6.07, 6.45) is 5.66. The first-order chi connectivity index (χ1) is 5.70. The van der Waals surface area contributed by atoms with Crippen molar-refractivity contribution in [2.75, 3.05) is 6.54 Å². The maximum absolute atomic E-state index is 3.81. The van der Waals surface area contributed by atoms with Gasteiger partial charge in [0.05, 0.1) is 0 Å². The molecular formula is C10H18BrN. The molecule has 0 bridgehead atoms. The van der Waals surface area contributed by atoms with Crippen molar-refractivity contribution in [2.24, 2.45) is 5.92 Å². The van der Waals surface area contributed by atoms with Crippen LogP contribution in [0, 0.1) is 5.92 Å². The van der Waals surface area contributed by atoms with Gasteiger partial charge in [0.1, 0.15) is 0 Å². The van der Waals surface area contributed by atoms with Crippen LogP contribution in [0.1, 0.15) is 32.6 Å². The van der Waals surface area contributed by atoms with E-state index in [4.69, 9.17) is 0 Å². The van der Waals surface area contributed by atoms with E-state index < -0.39 is 0 Å². The summed E-state index contributed by atoms with van der Waals surface area (Å²) in [6, 6.07) is 0.654. The van der Waals surface area contributed by atoms with Gasteiger partial charge in [0.2, 0.25) is 0 Å². The van der Waals surface area contributed by atoms with Crippen LogP contribution in [0.3, 0.4) is 0 Å². The molecule has 0 radical (unpaired) electrons. The molecule has 0 aromatic carbocycles. The Morgan fingerprint density at radius 1 is 1.58 bits per heavy atom. The van der Waals surface area contributed by atoms with E-state index in [0.717, 1.165) is 16.9 Å². The molecule has 0 amide bonds. The minimum atomic E-state index is 0.654. The van der Waals surface area contributed by atoms with Crippen molar-refractivity contribution in [3.05, 3.63) is 11.1 Å². The number of hydrogen-bond acceptors (Lipinski definition) is 1. The molecule has 0 heterocycles. The Bertz CT molecular complexity index is 150. The first-order valence-electron chi connectivity index (χ1n) is 4.77. The molecule has 1 fully saturated rings. The summed E-state index contributed by atoms with van der Waals surface area (Å²) >= 11 is 3.35. The van der Waals surface area contributed by atoms with Crippen molar-refractivity contribution in [3.63, 3.8) is 0 Å². The monoisotopic (exact) mass is 231 g/mol. The van der Waals surface area contributed by atoms with Gasteiger partial charge >= 0.3 is 0 Å². The van der Waals surface area contributed by atoms with Crippen molar-refractivity contribution >= 4 is 15.9 Å². The normalized spacial score (nSPS) is 21.2. The third-order valence-electron chi connectivity index (χ3n) is 2.72. The lowest BCUT2D eigenvalue weighted by Gasteiger charge is -2.19. The Hall–Kier alpha value is 0.180. The van der Waals surface area contributed by atoms with Crippen LogP contribution in [-0.2, 0) is 0 Å². The molecule has 0 aromatic rings. The summed E-state index contributed by atoms with van der Waals surface area (Å²) in [4.78, 5) is 0. The first-order valence-corrected chi connectivity index (χ1v) is 5.56. The van der Waals surface area contributed by atoms with Gasteiger partial charge in [-0.15, -0.1) is 0 Å². The van der Waals surface area contributed by atoms with Crippen molar-refractivity contribution < 1.29 is 0 Å². The van der Waals surface area contributed by atoms with Crippen molar-refractivity contribution in [1.29, 1.82) is 0 Å². The van der Waals surface area contributed by atoms with Crippen LogP contribution < -0.4 is 5.32 Å². The van der Waals surface area contributed by atoms with Crippen molar-refractivity contribution in [3.8, 4) is 0 Å². The Labute approximate surface area is 83.7 Å². The van der Waals surface area contributed by atoms with E-state index in [1.54, 1.807) is 0 Å². The van der Waals surface area contributed by atoms with E-state index in [2.05, 4.69) is 34.7 Å². The van der Waals surface area contributed by atoms with E-state index in [1.807, 2.05) is 0 Å². The molecule has 0 saturated heterocycles. The predicted molar refractivity (Wildman–Crippen MR) is 57.5 cm³/mol. The lowest BCUT2D eigenvalue weighted by atomic mass is 10.00. The number of rotatable bonds is 4. The quantitative estimate of drug-likeness (QED) is 0.785. The van der Waals surface area contributed by atoms with Crippen LogP contribution in [-0.4, -0.2) is 12.6 Å². The van der Waals surface area contributed by atoms with Crippen LogP contribution in [0.2, 0.25) is 0 Å². The second-order valence-electron chi connectivity index (χ2n) is 3.73. The zero-order valence-corrected chi connectivity index (χ0v) is 9.36. The molecule has 12 heavy (non-hydrogen) atoms. The molecule has 2 heteroatoms. The highest BCUT2D eigenvalue weighted by atomic mass is 79.9. The molecule has 1 aliphatic rings. The molecule has 1 aliphatic carbocycles. The van der Waals surface area contributed by atoms with Gasteiger partial charge in [-0.2, -0.15) is 0 Å². The molecule has 1 N–H and O–H groups in total. The highest BCUT2D eigenvalue weighted by Gasteiger charge is 2.20. The van der Waals surface area contributed by atoms with Gasteiger partial charge in [0.15, 0.2) is 0 Å². The van der Waals surface area contributed by atoms with E-state index in [9.17, 15) is 0 Å². The number of nitrogens with one attached hydrogen (secondary N) is 1. The van der Waals surface area contributed by atoms with Gasteiger partial charge in [-0.1, -0.05) is 35.4 Å². The largest absolute Gasteiger partial charge is 0.309 e. The smallest absolute Gasteiger partial charge is 0.0268 e. The van der Waals surface area contributed by atoms with Gasteiger partial charge in [-0.05, 0) is 25.7 Å². The number of halogens is 1. The van der Waals surface area contributed by atoms with Gasteiger partial charge in [-0.25, -0.2) is 0 Å². The summed E-state index contributed by atoms with van der Waals surface area (Å²) in [5.74, 6) is 0.900. The SMILES string of the molecule is C=C(Br)CNC(C)C1CCCC1. The molecule has 0 aliphatic heterocycles. The third-order valence-corrected chi connectivity index (χ3v) is 3.00. The topological polar surface area (TPSA) is 12.0 Å². The summed E-state index contributed by atoms with van der Waals surface area (Å²) < 4.78 is 1.05. The molecule has 0 aromatic heterocycles. The fraction of sp³-hybridized carbons (Fsp3) is 0.800. The van der Waals surface area contributed by atoms with E-state index in [0.29, 0.717) is 6.04 Å². The highest BCUT2D eigenvalue weighted by Crippen LogP contribution is 2.27. The Kier molecular flexibility index (Phi) is 4.30. The van der Waals surface area contributed by atoms with Crippen molar-refractivity contribution in [2.45, 2.75) is 38.6 Å². The minimum Gasteiger partial charge on any atom is -0.309 e. The van der Waals surface area contributed by atoms with E-state index in [1.165, 1.54) is 25.7 Å². The standard InChI is InChI=1S/C10H18BrN/c1-8(11)7-12-9(2)10-5-3-4-6-10/h9-10,12H,1,3-7H2,2H3. The van der Waals surface area contributed by atoms with Gasteiger partial charge < -0.3 is 5.32 Å². The third kappa shape index (κ3) is 3.28. The van der Waals surface area contributed by atoms with Gasteiger partial charge in [0, 0.05) is 17.1 Å². The van der Waals surface area contributed by atoms with E-state index >= 15 is 0 Å². The molecule has 0 spiro atoms. The second kappa shape index (κ2) is 5.03. The zero-order valence-electron chi connectivity index (χ0n) is 7.78. The average molecular weight is 232 g/mol. The van der Waals surface area contributed by atoms with E-state index in [-0.39, 0.29) is 0 Å². The van der Waals surface area contributed by atoms with Gasteiger partial charge in [-0.3, -0.25) is 0 Å². The minimum absolute atomic E-state index is 0.654. The Morgan fingerprint density at radius 3 is 2.67 bits per heavy atom. The van der Waals surface area contributed by atoms with Crippen LogP contribution in [0.25, 0.3) is 0 Å². The summed E-state index contributed by atoms with van der Waals surface area (Å²) in [5, 5.41) is 3.48. The summed E-state index contributed by atoms with van der Waals surface area (Å²) in [6.45, 7) is 6.99. The van der Waals surface area contributed by atoms with Gasteiger partial charge in [0.25, 0.3) is 0 Å². The molecular weight excluding hydrogens is 214 g/mol. The van der Waals surface area contributed by atoms with Crippen molar-refractivity contribution in [1.82, 2.24) is 5.32 Å². The van der Waals surface area contributed by atoms with Crippen LogP contribution in [0.5, 0.6) is 0 Å². The second-order valence-corrected chi connectivity index (χ2v) is 4.85. The average Bonchev–Trinajstić information content (AvgIpc) is 2.51. The fourth-order valence-electron chi connectivity index (χ4n) is 1.90. The molecule has 70 valence electrons. The molecule has 1 rings (SSSR count). The Balaban J connectivity index is 2.17. The lowest BCUT2D eigenvalue weighted by molar-refractivity contribution is 0.394. The molecule has 1 unspecified atom stereocenters. The molecule has 1 nitrogen and oxygen atoms in total. The van der Waals surface area contributed by atoms with Crippen LogP contribution >= 0.6 is 15.9 Å². The summed E-state index contributed by atoms with van der Waals surface area (Å²) in [7, 11) is 0. The predicted octanol–water partition coefficient (Wildman–Crippen LogP) is 3.06. The fourth-order valence-corrected chi connectivity index (χ4v) is 2.06. The van der Waals surface area contributed by atoms with Crippen LogP contribution in [0.4, 0.5) is 0 Å². The number of hydrogen-bond donors (Lipinski definition) is 1. The molecule has 1 atom stereocenters. The lowest BCUT2D eigenvalue weighted by Crippen LogP contribution is -2.32. The first kappa shape index (κ1) is 10.3. The summed E-state index contributed by atoms with van der Waals surface area (Å²) in [5.41, 5.74) is 0. The maximum Gasteiger partial charge on any atom is 0.0268 e. The molecule has 1 saturated carbocycles. The maximum atomic E-state index is 3.81. The highest BCUT2D eigenvalue weighted by molar-refractivity contribution is 9.11.